The van der Waals surface area contributed by atoms with Crippen LogP contribution in [0.1, 0.15) is 40.0 Å². The summed E-state index contributed by atoms with van der Waals surface area (Å²) >= 11 is 0. The van der Waals surface area contributed by atoms with Crippen LogP contribution in [0.5, 0.6) is 0 Å². The maximum Gasteiger partial charge on any atom is 0.327 e. The van der Waals surface area contributed by atoms with Gasteiger partial charge in [-0.25, -0.2) is 4.79 Å². The SMILES string of the molecule is CCCC(C)(C)C/C=C/C(=O)O. The Morgan fingerprint density at radius 2 is 2.08 bits per heavy atom. The number of rotatable bonds is 5. The Labute approximate surface area is 74.3 Å². The van der Waals surface area contributed by atoms with Crippen molar-refractivity contribution in [2.24, 2.45) is 5.41 Å². The molecule has 0 saturated heterocycles. The highest BCUT2D eigenvalue weighted by Crippen LogP contribution is 2.26. The Morgan fingerprint density at radius 1 is 1.50 bits per heavy atom. The van der Waals surface area contributed by atoms with Crippen molar-refractivity contribution in [1.29, 1.82) is 0 Å². The number of carboxylic acids is 1. The molecule has 0 aromatic carbocycles. The van der Waals surface area contributed by atoms with Crippen molar-refractivity contribution < 1.29 is 9.90 Å². The van der Waals surface area contributed by atoms with E-state index in [9.17, 15) is 4.79 Å². The predicted octanol–water partition coefficient (Wildman–Crippen LogP) is 2.84. The van der Waals surface area contributed by atoms with Gasteiger partial charge in [0.05, 0.1) is 0 Å². The van der Waals surface area contributed by atoms with Crippen molar-refractivity contribution in [1.82, 2.24) is 0 Å². The van der Waals surface area contributed by atoms with Crippen LogP contribution in [-0.4, -0.2) is 11.1 Å². The number of hydrogen-bond acceptors (Lipinski definition) is 1. The normalized spacial score (nSPS) is 12.2. The van der Waals surface area contributed by atoms with Gasteiger partial charge in [-0.15, -0.1) is 0 Å². The van der Waals surface area contributed by atoms with E-state index in [1.807, 2.05) is 0 Å². The summed E-state index contributed by atoms with van der Waals surface area (Å²) in [6, 6.07) is 0. The van der Waals surface area contributed by atoms with E-state index in [0.29, 0.717) is 0 Å². The fourth-order valence-corrected chi connectivity index (χ4v) is 1.26. The summed E-state index contributed by atoms with van der Waals surface area (Å²) in [4.78, 5) is 10.2. The van der Waals surface area contributed by atoms with Crippen LogP contribution in [0.25, 0.3) is 0 Å². The van der Waals surface area contributed by atoms with Gasteiger partial charge in [0.2, 0.25) is 0 Å². The van der Waals surface area contributed by atoms with Crippen molar-refractivity contribution in [2.45, 2.75) is 40.0 Å². The largest absolute Gasteiger partial charge is 0.478 e. The summed E-state index contributed by atoms with van der Waals surface area (Å²) < 4.78 is 0. The lowest BCUT2D eigenvalue weighted by molar-refractivity contribution is -0.131. The van der Waals surface area contributed by atoms with Gasteiger partial charge in [0.15, 0.2) is 0 Å². The first kappa shape index (κ1) is 11.2. The average Bonchev–Trinajstić information content (AvgIpc) is 1.85. The summed E-state index contributed by atoms with van der Waals surface area (Å²) in [6.07, 6.45) is 6.08. The Balaban J connectivity index is 3.82. The molecule has 0 aliphatic rings. The Hall–Kier alpha value is -0.790. The number of aliphatic carboxylic acids is 1. The van der Waals surface area contributed by atoms with E-state index < -0.39 is 5.97 Å². The van der Waals surface area contributed by atoms with Crippen molar-refractivity contribution >= 4 is 5.97 Å². The maximum absolute atomic E-state index is 10.2. The summed E-state index contributed by atoms with van der Waals surface area (Å²) in [5, 5.41) is 8.35. The fraction of sp³-hybridized carbons (Fsp3) is 0.700. The van der Waals surface area contributed by atoms with Crippen LogP contribution in [0.15, 0.2) is 12.2 Å². The third-order valence-electron chi connectivity index (χ3n) is 1.86. The van der Waals surface area contributed by atoms with E-state index >= 15 is 0 Å². The monoisotopic (exact) mass is 170 g/mol. The molecule has 0 heterocycles. The molecule has 0 fully saturated rings. The van der Waals surface area contributed by atoms with E-state index in [4.69, 9.17) is 5.11 Å². The number of carboxylic acid groups (broad SMARTS) is 1. The molecule has 0 aliphatic carbocycles. The molecule has 0 bridgehead atoms. The lowest BCUT2D eigenvalue weighted by atomic mass is 9.84. The minimum absolute atomic E-state index is 0.237. The molecule has 0 unspecified atom stereocenters. The Kier molecular flexibility index (Phi) is 4.64. The molecule has 70 valence electrons. The number of carbonyl (C=O) groups is 1. The van der Waals surface area contributed by atoms with Gasteiger partial charge >= 0.3 is 5.97 Å². The molecule has 2 nitrogen and oxygen atoms in total. The zero-order valence-corrected chi connectivity index (χ0v) is 8.13. The minimum Gasteiger partial charge on any atom is -0.478 e. The van der Waals surface area contributed by atoms with Crippen molar-refractivity contribution in [2.75, 3.05) is 0 Å². The second-order valence-corrected chi connectivity index (χ2v) is 3.86. The highest BCUT2D eigenvalue weighted by atomic mass is 16.4. The van der Waals surface area contributed by atoms with Crippen LogP contribution in [0.2, 0.25) is 0 Å². The lowest BCUT2D eigenvalue weighted by Gasteiger charge is -2.21. The molecule has 0 spiro atoms. The molecule has 0 rings (SSSR count). The van der Waals surface area contributed by atoms with Gasteiger partial charge in [-0.1, -0.05) is 33.3 Å². The molecule has 2 heteroatoms. The van der Waals surface area contributed by atoms with E-state index in [1.54, 1.807) is 6.08 Å². The zero-order chi connectivity index (χ0) is 9.61. The molecule has 1 N–H and O–H groups in total. The van der Waals surface area contributed by atoms with Crippen LogP contribution in [-0.2, 0) is 4.79 Å². The first-order valence-electron chi connectivity index (χ1n) is 4.37. The highest BCUT2D eigenvalue weighted by molar-refractivity contribution is 5.79. The first-order valence-corrected chi connectivity index (χ1v) is 4.37. The molecule has 12 heavy (non-hydrogen) atoms. The minimum atomic E-state index is -0.859. The van der Waals surface area contributed by atoms with E-state index in [2.05, 4.69) is 20.8 Å². The van der Waals surface area contributed by atoms with Crippen LogP contribution in [0.3, 0.4) is 0 Å². The lowest BCUT2D eigenvalue weighted by Crippen LogP contribution is -2.09. The van der Waals surface area contributed by atoms with Gasteiger partial charge in [0.1, 0.15) is 0 Å². The molecule has 0 aromatic rings. The fourth-order valence-electron chi connectivity index (χ4n) is 1.26. The maximum atomic E-state index is 10.2. The molecular weight excluding hydrogens is 152 g/mol. The second kappa shape index (κ2) is 4.96. The first-order chi connectivity index (χ1) is 5.48. The quantitative estimate of drug-likeness (QED) is 0.644. The number of hydrogen-bond donors (Lipinski definition) is 1. The smallest absolute Gasteiger partial charge is 0.327 e. The van der Waals surface area contributed by atoms with Gasteiger partial charge in [0, 0.05) is 6.08 Å². The third kappa shape index (κ3) is 5.96. The zero-order valence-electron chi connectivity index (χ0n) is 8.13. The third-order valence-corrected chi connectivity index (χ3v) is 1.86. The van der Waals surface area contributed by atoms with Crippen molar-refractivity contribution in [3.05, 3.63) is 12.2 Å². The van der Waals surface area contributed by atoms with E-state index in [-0.39, 0.29) is 5.41 Å². The summed E-state index contributed by atoms with van der Waals surface area (Å²) in [5.41, 5.74) is 0.237. The van der Waals surface area contributed by atoms with Crippen LogP contribution < -0.4 is 0 Å². The van der Waals surface area contributed by atoms with Gasteiger partial charge in [-0.05, 0) is 18.3 Å². The van der Waals surface area contributed by atoms with Crippen LogP contribution in [0, 0.1) is 5.41 Å². The molecule has 0 atom stereocenters. The predicted molar refractivity (Wildman–Crippen MR) is 50.1 cm³/mol. The van der Waals surface area contributed by atoms with Gasteiger partial charge in [0.25, 0.3) is 0 Å². The van der Waals surface area contributed by atoms with Crippen molar-refractivity contribution in [3.8, 4) is 0 Å². The average molecular weight is 170 g/mol. The number of allylic oxidation sites excluding steroid dienone is 1. The molecule has 0 aromatic heterocycles. The van der Waals surface area contributed by atoms with Gasteiger partial charge in [-0.3, -0.25) is 0 Å². The molecular formula is C10H18O2. The van der Waals surface area contributed by atoms with E-state index in [0.717, 1.165) is 19.3 Å². The molecule has 0 saturated carbocycles. The standard InChI is InChI=1S/C10H18O2/c1-4-7-10(2,3)8-5-6-9(11)12/h5-6H,4,7-8H2,1-3H3,(H,11,12)/b6-5+. The highest BCUT2D eigenvalue weighted by Gasteiger charge is 2.13. The van der Waals surface area contributed by atoms with Crippen molar-refractivity contribution in [3.63, 3.8) is 0 Å². The topological polar surface area (TPSA) is 37.3 Å². The van der Waals surface area contributed by atoms with E-state index in [1.165, 1.54) is 6.08 Å². The van der Waals surface area contributed by atoms with Crippen LogP contribution in [0.4, 0.5) is 0 Å². The molecule has 0 aliphatic heterocycles. The second-order valence-electron chi connectivity index (χ2n) is 3.86. The summed E-state index contributed by atoms with van der Waals surface area (Å²) in [6.45, 7) is 6.45. The molecule has 0 radical (unpaired) electrons. The molecule has 0 amide bonds. The Morgan fingerprint density at radius 3 is 2.50 bits per heavy atom. The Bertz CT molecular complexity index is 169. The van der Waals surface area contributed by atoms with Gasteiger partial charge < -0.3 is 5.11 Å². The van der Waals surface area contributed by atoms with Gasteiger partial charge in [-0.2, -0.15) is 0 Å². The van der Waals surface area contributed by atoms with Crippen LogP contribution >= 0.6 is 0 Å². The summed E-state index contributed by atoms with van der Waals surface area (Å²) in [5.74, 6) is -0.859. The summed E-state index contributed by atoms with van der Waals surface area (Å²) in [7, 11) is 0.